The summed E-state index contributed by atoms with van der Waals surface area (Å²) >= 11 is 4.33. The molecule has 2 aromatic rings. The van der Waals surface area contributed by atoms with Gasteiger partial charge in [-0.3, -0.25) is 0 Å². The van der Waals surface area contributed by atoms with Crippen LogP contribution in [-0.2, 0) is 0 Å². The molecule has 0 unspecified atom stereocenters. The number of hydrogen-bond donors (Lipinski definition) is 2. The summed E-state index contributed by atoms with van der Waals surface area (Å²) in [4.78, 5) is 4.16. The van der Waals surface area contributed by atoms with E-state index in [0.717, 1.165) is 10.4 Å². The van der Waals surface area contributed by atoms with Crippen molar-refractivity contribution in [2.24, 2.45) is 0 Å². The molecule has 1 nitrogen and oxygen atoms in total. The second-order valence-corrected chi connectivity index (χ2v) is 3.15. The number of aromatic amines is 1. The number of rotatable bonds is 0. The summed E-state index contributed by atoms with van der Waals surface area (Å²) in [7, 11) is 0. The Bertz CT molecular complexity index is 353. The Hall–Kier alpha value is -0.890. The zero-order valence-electron chi connectivity index (χ0n) is 6.26. The minimum absolute atomic E-state index is 1.01. The molecule has 0 saturated heterocycles. The average Bonchev–Trinajstić information content (AvgIpc) is 2.45. The molecule has 0 amide bonds. The molecule has 0 aliphatic rings. The molecule has 1 aromatic carbocycles. The van der Waals surface area contributed by atoms with E-state index in [1.165, 1.54) is 10.9 Å². The van der Waals surface area contributed by atoms with Crippen LogP contribution in [0.25, 0.3) is 10.9 Å². The van der Waals surface area contributed by atoms with E-state index in [0.29, 0.717) is 0 Å². The predicted molar refractivity (Wildman–Crippen MR) is 50.3 cm³/mol. The molecule has 56 valence electrons. The maximum Gasteiger partial charge on any atom is 0.0592 e. The van der Waals surface area contributed by atoms with Crippen LogP contribution < -0.4 is 0 Å². The lowest BCUT2D eigenvalue weighted by atomic mass is 10.1. The lowest BCUT2D eigenvalue weighted by molar-refractivity contribution is 1.39. The van der Waals surface area contributed by atoms with Crippen molar-refractivity contribution in [3.63, 3.8) is 0 Å². The quantitative estimate of drug-likeness (QED) is 0.555. The molecular formula is C9H9NS. The van der Waals surface area contributed by atoms with Gasteiger partial charge in [-0.25, -0.2) is 0 Å². The smallest absolute Gasteiger partial charge is 0.0592 e. The third-order valence-corrected chi connectivity index (χ3v) is 2.29. The zero-order valence-corrected chi connectivity index (χ0v) is 7.15. The second-order valence-electron chi connectivity index (χ2n) is 2.67. The number of H-pyrrole nitrogens is 1. The molecule has 1 N–H and O–H groups in total. The first-order valence-corrected chi connectivity index (χ1v) is 3.99. The minimum Gasteiger partial charge on any atom is -0.360 e. The fourth-order valence-electron chi connectivity index (χ4n) is 1.29. The topological polar surface area (TPSA) is 15.8 Å². The third-order valence-electron chi connectivity index (χ3n) is 1.92. The summed E-state index contributed by atoms with van der Waals surface area (Å²) in [6.07, 6.45) is 1.94. The van der Waals surface area contributed by atoms with Gasteiger partial charge in [0.15, 0.2) is 0 Å². The van der Waals surface area contributed by atoms with Gasteiger partial charge in [0.2, 0.25) is 0 Å². The van der Waals surface area contributed by atoms with E-state index in [1.807, 2.05) is 12.3 Å². The summed E-state index contributed by atoms with van der Waals surface area (Å²) in [6, 6.07) is 6.17. The molecule has 0 aliphatic carbocycles. The highest BCUT2D eigenvalue weighted by Crippen LogP contribution is 2.22. The summed E-state index contributed by atoms with van der Waals surface area (Å²) in [6.45, 7) is 2.10. The molecule has 0 saturated carbocycles. The Morgan fingerprint density at radius 2 is 2.09 bits per heavy atom. The van der Waals surface area contributed by atoms with Crippen molar-refractivity contribution in [1.29, 1.82) is 0 Å². The van der Waals surface area contributed by atoms with Crippen LogP contribution in [0.3, 0.4) is 0 Å². The minimum atomic E-state index is 1.01. The maximum absolute atomic E-state index is 4.33. The summed E-state index contributed by atoms with van der Waals surface area (Å²) < 4.78 is 0. The van der Waals surface area contributed by atoms with Crippen molar-refractivity contribution in [3.05, 3.63) is 30.0 Å². The van der Waals surface area contributed by atoms with Gasteiger partial charge in [0.05, 0.1) is 5.52 Å². The number of nitrogens with one attached hydrogen (secondary N) is 1. The molecular weight excluding hydrogens is 154 g/mol. The Morgan fingerprint density at radius 3 is 2.82 bits per heavy atom. The maximum atomic E-state index is 4.33. The summed E-state index contributed by atoms with van der Waals surface area (Å²) in [5.74, 6) is 0. The van der Waals surface area contributed by atoms with Crippen LogP contribution in [0.2, 0.25) is 0 Å². The first-order chi connectivity index (χ1) is 5.29. The monoisotopic (exact) mass is 163 g/mol. The largest absolute Gasteiger partial charge is 0.360 e. The van der Waals surface area contributed by atoms with Gasteiger partial charge >= 0.3 is 0 Å². The van der Waals surface area contributed by atoms with Gasteiger partial charge in [-0.15, -0.1) is 12.6 Å². The lowest BCUT2D eigenvalue weighted by Gasteiger charge is -1.97. The van der Waals surface area contributed by atoms with Crippen LogP contribution in [0.1, 0.15) is 5.56 Å². The zero-order chi connectivity index (χ0) is 7.84. The first-order valence-electron chi connectivity index (χ1n) is 3.54. The molecule has 1 heterocycles. The van der Waals surface area contributed by atoms with E-state index in [-0.39, 0.29) is 0 Å². The molecule has 0 aliphatic heterocycles. The van der Waals surface area contributed by atoms with Crippen molar-refractivity contribution in [2.45, 2.75) is 11.8 Å². The van der Waals surface area contributed by atoms with Gasteiger partial charge in [0.25, 0.3) is 0 Å². The van der Waals surface area contributed by atoms with Crippen LogP contribution in [-0.4, -0.2) is 4.98 Å². The van der Waals surface area contributed by atoms with Gasteiger partial charge in [0, 0.05) is 16.5 Å². The molecule has 0 atom stereocenters. The van der Waals surface area contributed by atoms with Gasteiger partial charge in [-0.05, 0) is 24.6 Å². The van der Waals surface area contributed by atoms with E-state index >= 15 is 0 Å². The van der Waals surface area contributed by atoms with Crippen molar-refractivity contribution < 1.29 is 0 Å². The van der Waals surface area contributed by atoms with Crippen molar-refractivity contribution >= 4 is 23.5 Å². The molecule has 11 heavy (non-hydrogen) atoms. The van der Waals surface area contributed by atoms with Crippen LogP contribution in [0.15, 0.2) is 29.3 Å². The molecule has 0 spiro atoms. The van der Waals surface area contributed by atoms with Crippen molar-refractivity contribution in [1.82, 2.24) is 4.98 Å². The normalized spacial score (nSPS) is 10.7. The molecule has 0 bridgehead atoms. The molecule has 0 fully saturated rings. The van der Waals surface area contributed by atoms with Gasteiger partial charge in [0.1, 0.15) is 0 Å². The molecule has 2 heteroatoms. The Morgan fingerprint density at radius 1 is 1.27 bits per heavy atom. The number of benzene rings is 1. The third kappa shape index (κ3) is 0.942. The highest BCUT2D eigenvalue weighted by atomic mass is 32.1. The van der Waals surface area contributed by atoms with E-state index < -0.39 is 0 Å². The molecule has 2 rings (SSSR count). The molecule has 0 radical (unpaired) electrons. The van der Waals surface area contributed by atoms with Gasteiger partial charge in [-0.1, -0.05) is 6.07 Å². The number of hydrogen-bond acceptors (Lipinski definition) is 1. The Labute approximate surface area is 70.8 Å². The first kappa shape index (κ1) is 6.80. The number of thiol groups is 1. The van der Waals surface area contributed by atoms with E-state index in [9.17, 15) is 0 Å². The van der Waals surface area contributed by atoms with E-state index in [4.69, 9.17) is 0 Å². The Balaban J connectivity index is 2.96. The lowest BCUT2D eigenvalue weighted by Crippen LogP contribution is -1.75. The van der Waals surface area contributed by atoms with Crippen molar-refractivity contribution in [2.75, 3.05) is 0 Å². The standard InChI is InChI=1S/C9H9NS/c1-6-2-3-8(11)9-7(6)4-5-10-9/h2-5,10-11H,1H3. The van der Waals surface area contributed by atoms with Crippen LogP contribution >= 0.6 is 12.6 Å². The Kier molecular flexibility index (Phi) is 1.43. The fourth-order valence-corrected chi connectivity index (χ4v) is 1.55. The van der Waals surface area contributed by atoms with Gasteiger partial charge in [-0.2, -0.15) is 0 Å². The van der Waals surface area contributed by atoms with Gasteiger partial charge < -0.3 is 4.98 Å². The molecule has 1 aromatic heterocycles. The highest BCUT2D eigenvalue weighted by molar-refractivity contribution is 7.80. The number of fused-ring (bicyclic) bond motifs is 1. The summed E-state index contributed by atoms with van der Waals surface area (Å²) in [5, 5.41) is 1.26. The second kappa shape index (κ2) is 2.31. The SMILES string of the molecule is Cc1ccc(S)c2[nH]ccc12. The fraction of sp³-hybridized carbons (Fsp3) is 0.111. The predicted octanol–water partition coefficient (Wildman–Crippen LogP) is 2.77. The average molecular weight is 163 g/mol. The summed E-state index contributed by atoms with van der Waals surface area (Å²) in [5.41, 5.74) is 2.42. The van der Waals surface area contributed by atoms with E-state index in [2.05, 4.69) is 36.7 Å². The van der Waals surface area contributed by atoms with Crippen LogP contribution in [0, 0.1) is 6.92 Å². The van der Waals surface area contributed by atoms with Crippen LogP contribution in [0.4, 0.5) is 0 Å². The van der Waals surface area contributed by atoms with E-state index in [1.54, 1.807) is 0 Å². The highest BCUT2D eigenvalue weighted by Gasteiger charge is 1.99. The number of aromatic nitrogens is 1. The van der Waals surface area contributed by atoms with Crippen LogP contribution in [0.5, 0.6) is 0 Å². The number of aryl methyl sites for hydroxylation is 1. The van der Waals surface area contributed by atoms with Crippen molar-refractivity contribution in [3.8, 4) is 0 Å².